The molecule has 1 aromatic heterocycles. The first-order chi connectivity index (χ1) is 15.1. The first-order valence-corrected chi connectivity index (χ1v) is 9.61. The predicted octanol–water partition coefficient (Wildman–Crippen LogP) is 4.33. The summed E-state index contributed by atoms with van der Waals surface area (Å²) in [6.07, 6.45) is -4.47. The minimum absolute atomic E-state index is 0.00525. The summed E-state index contributed by atoms with van der Waals surface area (Å²) < 4.78 is 54.2. The largest absolute Gasteiger partial charge is 0.497 e. The second-order valence-electron chi connectivity index (χ2n) is 7.26. The van der Waals surface area contributed by atoms with E-state index in [4.69, 9.17) is 14.0 Å². The van der Waals surface area contributed by atoms with E-state index in [1.165, 1.54) is 26.4 Å². The second kappa shape index (κ2) is 9.39. The smallest absolute Gasteiger partial charge is 0.416 e. The molecule has 170 valence electrons. The van der Waals surface area contributed by atoms with Gasteiger partial charge in [-0.1, -0.05) is 29.4 Å². The molecule has 10 heteroatoms. The summed E-state index contributed by atoms with van der Waals surface area (Å²) in [5.41, 5.74) is -0.727. The highest BCUT2D eigenvalue weighted by atomic mass is 19.4. The number of nitrogens with zero attached hydrogens (tertiary/aromatic N) is 2. The van der Waals surface area contributed by atoms with Gasteiger partial charge in [0.25, 0.3) is 0 Å². The van der Waals surface area contributed by atoms with Gasteiger partial charge < -0.3 is 14.0 Å². The number of ether oxygens (including phenoxy) is 2. The Morgan fingerprint density at radius 3 is 2.50 bits per heavy atom. The maximum absolute atomic E-state index is 13.0. The van der Waals surface area contributed by atoms with E-state index in [1.807, 2.05) is 13.0 Å². The first-order valence-electron chi connectivity index (χ1n) is 9.61. The molecule has 32 heavy (non-hydrogen) atoms. The fourth-order valence-corrected chi connectivity index (χ4v) is 3.14. The molecule has 2 aromatic carbocycles. The molecular weight excluding hydrogens is 427 g/mol. The molecule has 0 bridgehead atoms. The number of rotatable bonds is 8. The van der Waals surface area contributed by atoms with Crippen LogP contribution < -0.4 is 10.1 Å². The van der Waals surface area contributed by atoms with Crippen LogP contribution in [0.25, 0.3) is 11.4 Å². The van der Waals surface area contributed by atoms with Crippen LogP contribution in [-0.4, -0.2) is 30.3 Å². The molecule has 0 spiro atoms. The normalized spacial score (nSPS) is 13.4. The molecule has 0 radical (unpaired) electrons. The van der Waals surface area contributed by atoms with Crippen LogP contribution >= 0.6 is 0 Å². The van der Waals surface area contributed by atoms with Crippen LogP contribution in [-0.2, 0) is 27.8 Å². The molecule has 1 heterocycles. The third-order valence-corrected chi connectivity index (χ3v) is 4.98. The molecule has 0 saturated heterocycles. The Morgan fingerprint density at radius 1 is 1.09 bits per heavy atom. The van der Waals surface area contributed by atoms with Crippen LogP contribution in [0.1, 0.15) is 30.4 Å². The Kier molecular flexibility index (Phi) is 6.83. The topological polar surface area (TPSA) is 86.5 Å². The Labute approximate surface area is 182 Å². The SMILES string of the molecule is COC(=O)C[C@](C)(NCc1nc(-c2cccc(C(F)(F)F)c2)no1)c1cccc(OC)c1. The molecule has 3 rings (SSSR count). The van der Waals surface area contributed by atoms with E-state index in [0.717, 1.165) is 17.7 Å². The third kappa shape index (κ3) is 5.44. The van der Waals surface area contributed by atoms with Crippen LogP contribution in [0.2, 0.25) is 0 Å². The highest BCUT2D eigenvalue weighted by Crippen LogP contribution is 2.32. The molecule has 7 nitrogen and oxygen atoms in total. The summed E-state index contributed by atoms with van der Waals surface area (Å²) >= 11 is 0. The number of halogens is 3. The maximum atomic E-state index is 13.0. The van der Waals surface area contributed by atoms with Crippen molar-refractivity contribution in [3.8, 4) is 17.1 Å². The lowest BCUT2D eigenvalue weighted by Crippen LogP contribution is -2.41. The van der Waals surface area contributed by atoms with Crippen molar-refractivity contribution >= 4 is 5.97 Å². The fraction of sp³-hybridized carbons (Fsp3) is 0.318. The second-order valence-corrected chi connectivity index (χ2v) is 7.26. The van der Waals surface area contributed by atoms with Crippen LogP contribution in [0.5, 0.6) is 5.75 Å². The van der Waals surface area contributed by atoms with Crippen molar-refractivity contribution in [2.75, 3.05) is 14.2 Å². The number of benzene rings is 2. The van der Waals surface area contributed by atoms with Gasteiger partial charge in [-0.25, -0.2) is 0 Å². The molecule has 0 aliphatic carbocycles. The first kappa shape index (κ1) is 23.3. The molecule has 3 aromatic rings. The lowest BCUT2D eigenvalue weighted by Gasteiger charge is -2.30. The monoisotopic (exact) mass is 449 g/mol. The van der Waals surface area contributed by atoms with Crippen LogP contribution in [0.4, 0.5) is 13.2 Å². The van der Waals surface area contributed by atoms with Gasteiger partial charge in [0.1, 0.15) is 5.75 Å². The van der Waals surface area contributed by atoms with Crippen molar-refractivity contribution in [3.63, 3.8) is 0 Å². The zero-order chi connectivity index (χ0) is 23.4. The minimum Gasteiger partial charge on any atom is -0.497 e. The van der Waals surface area contributed by atoms with Gasteiger partial charge in [-0.3, -0.25) is 10.1 Å². The Balaban J connectivity index is 1.81. The molecule has 0 aliphatic heterocycles. The minimum atomic E-state index is -4.48. The van der Waals surface area contributed by atoms with Crippen LogP contribution in [0, 0.1) is 0 Å². The molecule has 1 N–H and O–H groups in total. The lowest BCUT2D eigenvalue weighted by atomic mass is 9.88. The van der Waals surface area contributed by atoms with Crippen molar-refractivity contribution in [1.82, 2.24) is 15.5 Å². The summed E-state index contributed by atoms with van der Waals surface area (Å²) in [5, 5.41) is 7.00. The van der Waals surface area contributed by atoms with Crippen LogP contribution in [0.15, 0.2) is 53.1 Å². The van der Waals surface area contributed by atoms with Crippen molar-refractivity contribution < 1.29 is 32.0 Å². The average molecular weight is 449 g/mol. The van der Waals surface area contributed by atoms with Gasteiger partial charge in [0.05, 0.1) is 38.3 Å². The van der Waals surface area contributed by atoms with E-state index in [-0.39, 0.29) is 30.2 Å². The molecule has 0 aliphatic rings. The van der Waals surface area contributed by atoms with E-state index in [2.05, 4.69) is 15.5 Å². The maximum Gasteiger partial charge on any atom is 0.416 e. The van der Waals surface area contributed by atoms with Gasteiger partial charge in [0.2, 0.25) is 11.7 Å². The number of nitrogens with one attached hydrogen (secondary N) is 1. The fourth-order valence-electron chi connectivity index (χ4n) is 3.14. The summed E-state index contributed by atoms with van der Waals surface area (Å²) in [6, 6.07) is 11.9. The molecule has 0 unspecified atom stereocenters. The van der Waals surface area contributed by atoms with Gasteiger partial charge in [0.15, 0.2) is 0 Å². The van der Waals surface area contributed by atoms with E-state index in [9.17, 15) is 18.0 Å². The molecule has 1 atom stereocenters. The molecule has 0 amide bonds. The number of methoxy groups -OCH3 is 2. The standard InChI is InChI=1S/C22H22F3N3O4/c1-21(12-19(29)31-3,15-7-5-9-17(11-15)30-2)26-13-18-27-20(28-32-18)14-6-4-8-16(10-14)22(23,24)25/h4-11,26H,12-13H2,1-3H3/t21-/m0/s1. The van der Waals surface area contributed by atoms with Gasteiger partial charge in [-0.05, 0) is 36.8 Å². The van der Waals surface area contributed by atoms with Crippen molar-refractivity contribution in [2.24, 2.45) is 0 Å². The Hall–Kier alpha value is -3.40. The van der Waals surface area contributed by atoms with E-state index in [0.29, 0.717) is 5.75 Å². The van der Waals surface area contributed by atoms with Crippen molar-refractivity contribution in [3.05, 3.63) is 65.5 Å². The predicted molar refractivity (Wildman–Crippen MR) is 109 cm³/mol. The van der Waals surface area contributed by atoms with Gasteiger partial charge in [-0.2, -0.15) is 18.2 Å². The molecule has 0 fully saturated rings. The number of aromatic nitrogens is 2. The van der Waals surface area contributed by atoms with E-state index in [1.54, 1.807) is 18.2 Å². The number of carbonyl (C=O) groups excluding carboxylic acids is 1. The van der Waals surface area contributed by atoms with Gasteiger partial charge in [0, 0.05) is 5.56 Å². The van der Waals surface area contributed by atoms with Gasteiger partial charge in [-0.15, -0.1) is 0 Å². The summed E-state index contributed by atoms with van der Waals surface area (Å²) in [5.74, 6) is 0.364. The average Bonchev–Trinajstić information content (AvgIpc) is 3.26. The summed E-state index contributed by atoms with van der Waals surface area (Å²) in [7, 11) is 2.84. The zero-order valence-electron chi connectivity index (χ0n) is 17.7. The quantitative estimate of drug-likeness (QED) is 0.512. The lowest BCUT2D eigenvalue weighted by molar-refractivity contribution is -0.142. The molecule has 0 saturated carbocycles. The number of carbonyl (C=O) groups is 1. The van der Waals surface area contributed by atoms with Gasteiger partial charge >= 0.3 is 12.1 Å². The highest BCUT2D eigenvalue weighted by molar-refractivity contribution is 5.71. The number of hydrogen-bond acceptors (Lipinski definition) is 7. The number of hydrogen-bond donors (Lipinski definition) is 1. The molecular formula is C22H22F3N3O4. The van der Waals surface area contributed by atoms with E-state index < -0.39 is 23.2 Å². The van der Waals surface area contributed by atoms with Crippen LogP contribution in [0.3, 0.4) is 0 Å². The van der Waals surface area contributed by atoms with E-state index >= 15 is 0 Å². The number of esters is 1. The van der Waals surface area contributed by atoms with Crippen molar-refractivity contribution in [2.45, 2.75) is 31.6 Å². The Morgan fingerprint density at radius 2 is 1.81 bits per heavy atom. The van der Waals surface area contributed by atoms with Crippen molar-refractivity contribution in [1.29, 1.82) is 0 Å². The zero-order valence-corrected chi connectivity index (χ0v) is 17.7. The summed E-state index contributed by atoms with van der Waals surface area (Å²) in [4.78, 5) is 16.2. The highest BCUT2D eigenvalue weighted by Gasteiger charge is 2.32. The Bertz CT molecular complexity index is 1080. The number of alkyl halides is 3. The third-order valence-electron chi connectivity index (χ3n) is 4.98. The summed E-state index contributed by atoms with van der Waals surface area (Å²) in [6.45, 7) is 1.87.